The maximum absolute atomic E-state index is 12.6. The molecule has 2 rings (SSSR count). The lowest BCUT2D eigenvalue weighted by Gasteiger charge is -2.27. The molecule has 1 amide bonds. The third-order valence-corrected chi connectivity index (χ3v) is 4.49. The molecule has 0 saturated heterocycles. The van der Waals surface area contributed by atoms with E-state index in [9.17, 15) is 4.79 Å². The second-order valence-electron chi connectivity index (χ2n) is 5.60. The third kappa shape index (κ3) is 1.84. The second-order valence-corrected chi connectivity index (χ2v) is 5.60. The first-order valence-electron chi connectivity index (χ1n) is 6.92. The van der Waals surface area contributed by atoms with Gasteiger partial charge in [0.2, 0.25) is 5.91 Å². The average molecular weight is 245 g/mol. The highest BCUT2D eigenvalue weighted by Gasteiger charge is 2.46. The molecule has 0 aliphatic carbocycles. The first-order valence-corrected chi connectivity index (χ1v) is 6.92. The SMILES string of the molecule is CCC(CC)CC1(C)C(=O)N(C)c2ccccc21. The Hall–Kier alpha value is -1.31. The molecule has 0 spiro atoms. The summed E-state index contributed by atoms with van der Waals surface area (Å²) in [6.07, 6.45) is 3.25. The third-order valence-electron chi connectivity index (χ3n) is 4.49. The van der Waals surface area contributed by atoms with Gasteiger partial charge in [-0.15, -0.1) is 0 Å². The standard InChI is InChI=1S/C16H23NO/c1-5-12(6-2)11-16(3)13-9-7-8-10-14(13)17(4)15(16)18/h7-10,12H,5-6,11H2,1-4H3. The molecule has 1 aliphatic rings. The molecular formula is C16H23NO. The molecule has 0 radical (unpaired) electrons. The van der Waals surface area contributed by atoms with Crippen LogP contribution in [0, 0.1) is 5.92 Å². The van der Waals surface area contributed by atoms with Gasteiger partial charge in [-0.2, -0.15) is 0 Å². The van der Waals surface area contributed by atoms with Crippen molar-refractivity contribution in [2.75, 3.05) is 11.9 Å². The molecule has 1 aliphatic heterocycles. The van der Waals surface area contributed by atoms with Gasteiger partial charge in [0.1, 0.15) is 0 Å². The number of nitrogens with zero attached hydrogens (tertiary/aromatic N) is 1. The second kappa shape index (κ2) is 4.75. The van der Waals surface area contributed by atoms with Crippen LogP contribution in [-0.4, -0.2) is 13.0 Å². The summed E-state index contributed by atoms with van der Waals surface area (Å²) in [5, 5.41) is 0. The Morgan fingerprint density at radius 2 is 1.83 bits per heavy atom. The number of likely N-dealkylation sites (N-methyl/N-ethyl adjacent to an activating group) is 1. The van der Waals surface area contributed by atoms with Crippen LogP contribution in [0.3, 0.4) is 0 Å². The maximum Gasteiger partial charge on any atom is 0.237 e. The largest absolute Gasteiger partial charge is 0.314 e. The van der Waals surface area contributed by atoms with E-state index in [4.69, 9.17) is 0 Å². The van der Waals surface area contributed by atoms with Crippen LogP contribution in [0.1, 0.15) is 45.6 Å². The van der Waals surface area contributed by atoms with Crippen LogP contribution in [0.5, 0.6) is 0 Å². The molecule has 1 atom stereocenters. The van der Waals surface area contributed by atoms with Gasteiger partial charge in [-0.25, -0.2) is 0 Å². The van der Waals surface area contributed by atoms with Crippen molar-refractivity contribution in [2.45, 2.75) is 45.4 Å². The highest BCUT2D eigenvalue weighted by atomic mass is 16.2. The number of rotatable bonds is 4. The Bertz CT molecular complexity index is 450. The number of para-hydroxylation sites is 1. The van der Waals surface area contributed by atoms with Crippen LogP contribution < -0.4 is 4.90 Å². The van der Waals surface area contributed by atoms with E-state index in [2.05, 4.69) is 26.8 Å². The predicted octanol–water partition coefficient (Wildman–Crippen LogP) is 3.75. The molecule has 2 heteroatoms. The summed E-state index contributed by atoms with van der Waals surface area (Å²) in [4.78, 5) is 14.4. The first-order chi connectivity index (χ1) is 8.54. The van der Waals surface area contributed by atoms with E-state index in [-0.39, 0.29) is 11.3 Å². The first kappa shape index (κ1) is 13.1. The smallest absolute Gasteiger partial charge is 0.237 e. The molecule has 18 heavy (non-hydrogen) atoms. The van der Waals surface area contributed by atoms with E-state index in [1.54, 1.807) is 0 Å². The lowest BCUT2D eigenvalue weighted by molar-refractivity contribution is -0.123. The van der Waals surface area contributed by atoms with E-state index in [1.807, 2.05) is 30.1 Å². The van der Waals surface area contributed by atoms with E-state index in [0.717, 1.165) is 24.9 Å². The van der Waals surface area contributed by atoms with Gasteiger partial charge in [0.05, 0.1) is 5.41 Å². The van der Waals surface area contributed by atoms with Crippen LogP contribution in [-0.2, 0) is 10.2 Å². The molecule has 0 bridgehead atoms. The van der Waals surface area contributed by atoms with Gasteiger partial charge in [-0.1, -0.05) is 44.9 Å². The van der Waals surface area contributed by atoms with Gasteiger partial charge in [-0.3, -0.25) is 4.79 Å². The summed E-state index contributed by atoms with van der Waals surface area (Å²) >= 11 is 0. The van der Waals surface area contributed by atoms with Crippen molar-refractivity contribution in [1.29, 1.82) is 0 Å². The van der Waals surface area contributed by atoms with Crippen LogP contribution >= 0.6 is 0 Å². The zero-order valence-electron chi connectivity index (χ0n) is 11.9. The van der Waals surface area contributed by atoms with Crippen molar-refractivity contribution < 1.29 is 4.79 Å². The fourth-order valence-electron chi connectivity index (χ4n) is 3.18. The van der Waals surface area contributed by atoms with Crippen molar-refractivity contribution in [3.05, 3.63) is 29.8 Å². The number of carbonyl (C=O) groups is 1. The van der Waals surface area contributed by atoms with E-state index >= 15 is 0 Å². The lowest BCUT2D eigenvalue weighted by atomic mass is 9.75. The number of benzene rings is 1. The number of carbonyl (C=O) groups excluding carboxylic acids is 1. The van der Waals surface area contributed by atoms with Gasteiger partial charge in [0.15, 0.2) is 0 Å². The number of hydrogen-bond acceptors (Lipinski definition) is 1. The van der Waals surface area contributed by atoms with Gasteiger partial charge >= 0.3 is 0 Å². The minimum Gasteiger partial charge on any atom is -0.314 e. The fourth-order valence-corrected chi connectivity index (χ4v) is 3.18. The maximum atomic E-state index is 12.6. The van der Waals surface area contributed by atoms with Crippen molar-refractivity contribution in [3.63, 3.8) is 0 Å². The molecule has 0 saturated carbocycles. The lowest BCUT2D eigenvalue weighted by Crippen LogP contribution is -2.37. The summed E-state index contributed by atoms with van der Waals surface area (Å²) in [5.74, 6) is 0.870. The van der Waals surface area contributed by atoms with E-state index in [0.29, 0.717) is 5.92 Å². The van der Waals surface area contributed by atoms with E-state index < -0.39 is 0 Å². The Balaban J connectivity index is 2.41. The zero-order chi connectivity index (χ0) is 13.3. The molecule has 1 unspecified atom stereocenters. The highest BCUT2D eigenvalue weighted by molar-refractivity contribution is 6.07. The van der Waals surface area contributed by atoms with Crippen LogP contribution in [0.15, 0.2) is 24.3 Å². The molecule has 0 aromatic heterocycles. The summed E-state index contributed by atoms with van der Waals surface area (Å²) in [7, 11) is 1.89. The minimum absolute atomic E-state index is 0.246. The number of amides is 1. The van der Waals surface area contributed by atoms with Gasteiger partial charge in [0, 0.05) is 12.7 Å². The topological polar surface area (TPSA) is 20.3 Å². The Morgan fingerprint density at radius 1 is 1.22 bits per heavy atom. The summed E-state index contributed by atoms with van der Waals surface area (Å²) in [5.41, 5.74) is 1.95. The number of hydrogen-bond donors (Lipinski definition) is 0. The summed E-state index contributed by atoms with van der Waals surface area (Å²) in [6, 6.07) is 8.20. The average Bonchev–Trinajstić information content (AvgIpc) is 2.59. The Labute approximate surface area is 110 Å². The van der Waals surface area contributed by atoms with Crippen molar-refractivity contribution in [2.24, 2.45) is 5.92 Å². The van der Waals surface area contributed by atoms with Crippen LogP contribution in [0.25, 0.3) is 0 Å². The molecule has 98 valence electrons. The molecule has 1 aromatic rings. The fraction of sp³-hybridized carbons (Fsp3) is 0.562. The van der Waals surface area contributed by atoms with E-state index in [1.165, 1.54) is 5.56 Å². The van der Waals surface area contributed by atoms with Crippen LogP contribution in [0.4, 0.5) is 5.69 Å². The molecule has 2 nitrogen and oxygen atoms in total. The molecule has 1 aromatic carbocycles. The molecular weight excluding hydrogens is 222 g/mol. The number of fused-ring (bicyclic) bond motifs is 1. The summed E-state index contributed by atoms with van der Waals surface area (Å²) < 4.78 is 0. The predicted molar refractivity (Wildman–Crippen MR) is 75.9 cm³/mol. The Morgan fingerprint density at radius 3 is 2.44 bits per heavy atom. The molecule has 0 N–H and O–H groups in total. The normalized spacial score (nSPS) is 22.7. The molecule has 1 heterocycles. The number of anilines is 1. The van der Waals surface area contributed by atoms with Gasteiger partial charge in [0.25, 0.3) is 0 Å². The minimum atomic E-state index is -0.331. The quantitative estimate of drug-likeness (QED) is 0.791. The van der Waals surface area contributed by atoms with Gasteiger partial charge in [-0.05, 0) is 30.9 Å². The van der Waals surface area contributed by atoms with Gasteiger partial charge < -0.3 is 4.90 Å². The monoisotopic (exact) mass is 245 g/mol. The molecule has 0 fully saturated rings. The highest BCUT2D eigenvalue weighted by Crippen LogP contribution is 2.45. The summed E-state index contributed by atoms with van der Waals surface area (Å²) in [6.45, 7) is 6.54. The zero-order valence-corrected chi connectivity index (χ0v) is 11.9. The van der Waals surface area contributed by atoms with Crippen LogP contribution in [0.2, 0.25) is 0 Å². The Kier molecular flexibility index (Phi) is 3.47. The van der Waals surface area contributed by atoms with Crippen molar-refractivity contribution in [1.82, 2.24) is 0 Å². The van der Waals surface area contributed by atoms with Crippen molar-refractivity contribution >= 4 is 11.6 Å². The van der Waals surface area contributed by atoms with Crippen molar-refractivity contribution in [3.8, 4) is 0 Å².